The van der Waals surface area contributed by atoms with Crippen LogP contribution in [0.4, 0.5) is 15.8 Å². The first-order chi connectivity index (χ1) is 22.7. The van der Waals surface area contributed by atoms with Crippen molar-refractivity contribution in [3.8, 4) is 11.3 Å². The van der Waals surface area contributed by atoms with Gasteiger partial charge in [0.25, 0.3) is 0 Å². The number of fused-ring (bicyclic) bond motifs is 3. The number of allylic oxidation sites excluding steroid dienone is 7. The lowest BCUT2D eigenvalue weighted by Crippen LogP contribution is -2.51. The molecule has 48 heavy (non-hydrogen) atoms. The van der Waals surface area contributed by atoms with E-state index in [9.17, 15) is 0 Å². The van der Waals surface area contributed by atoms with Crippen molar-refractivity contribution in [1.29, 1.82) is 0 Å². The third-order valence-electron chi connectivity index (χ3n) is 10.3. The molecule has 1 aromatic heterocycles. The molecule has 0 spiro atoms. The SMILES string of the molecule is C=C/C(=C(\C)Nc1ccccc1[N@@+](C)(CC)C(=C)CC1C(CCC(=C)/C=C\C)c2cc(F)ccc2-c2cc(C(C)(C)C)cc[n+]21)C(C)C. The number of halogens is 1. The number of benzene rings is 2. The minimum absolute atomic E-state index is 0.0159. The van der Waals surface area contributed by atoms with Crippen molar-refractivity contribution in [1.82, 2.24) is 4.48 Å². The summed E-state index contributed by atoms with van der Waals surface area (Å²) in [6.07, 6.45) is 10.8. The fraction of sp³-hybridized carbons (Fsp3) is 0.386. The molecule has 2 unspecified atom stereocenters. The van der Waals surface area contributed by atoms with Crippen LogP contribution in [-0.4, -0.2) is 13.6 Å². The standard InChI is InChI=1S/C44H58FN3/c1-13-18-31(6)21-23-37-39-29-35(45)22-24-38(39)42-28-34(44(9,10)11)25-26-47(42)41(37)27-32(7)48(12,15-3)43-20-17-16-19-40(43)46-33(8)36(14-2)30(4)5/h13-14,16-20,22,24-26,28-30,37,41,46H,2,6-7,15,21,23,27H2,1,3-5,8-12H3/q+2/b18-13-,36-33-/t37?,41?,48-/m0/s1. The first kappa shape index (κ1) is 36.8. The lowest BCUT2D eigenvalue weighted by molar-refractivity contribution is -0.718. The molecule has 1 N–H and O–H groups in total. The van der Waals surface area contributed by atoms with E-state index in [0.29, 0.717) is 10.4 Å². The van der Waals surface area contributed by atoms with Gasteiger partial charge in [0.1, 0.15) is 17.2 Å². The van der Waals surface area contributed by atoms with Gasteiger partial charge in [-0.2, -0.15) is 4.57 Å². The zero-order valence-electron chi connectivity index (χ0n) is 31.0. The molecule has 254 valence electrons. The van der Waals surface area contributed by atoms with E-state index in [1.807, 2.05) is 25.1 Å². The van der Waals surface area contributed by atoms with E-state index in [1.165, 1.54) is 16.8 Å². The number of quaternary nitrogens is 1. The lowest BCUT2D eigenvalue weighted by Gasteiger charge is -2.38. The van der Waals surface area contributed by atoms with Gasteiger partial charge in [0, 0.05) is 29.8 Å². The topological polar surface area (TPSA) is 15.9 Å². The minimum Gasteiger partial charge on any atom is -0.354 e. The molecule has 1 aliphatic rings. The molecule has 3 aromatic rings. The molecule has 0 radical (unpaired) electrons. The Morgan fingerprint density at radius 3 is 2.42 bits per heavy atom. The summed E-state index contributed by atoms with van der Waals surface area (Å²) in [5.74, 6) is 0.249. The molecular formula is C44H58FN3+2. The van der Waals surface area contributed by atoms with Gasteiger partial charge in [-0.1, -0.05) is 83.7 Å². The van der Waals surface area contributed by atoms with Gasteiger partial charge in [-0.05, 0) is 92.5 Å². The Kier molecular flexibility index (Phi) is 11.5. The quantitative estimate of drug-likeness (QED) is 0.111. The number of para-hydroxylation sites is 2. The Hall–Kier alpha value is -4.02. The highest BCUT2D eigenvalue weighted by Gasteiger charge is 2.44. The van der Waals surface area contributed by atoms with Gasteiger partial charge in [-0.15, -0.1) is 0 Å². The van der Waals surface area contributed by atoms with Crippen LogP contribution in [0.1, 0.15) is 97.7 Å². The number of rotatable bonds is 13. The van der Waals surface area contributed by atoms with Gasteiger partial charge in [0.05, 0.1) is 25.6 Å². The number of hydrogen-bond acceptors (Lipinski definition) is 1. The van der Waals surface area contributed by atoms with Crippen molar-refractivity contribution in [2.45, 2.75) is 92.0 Å². The van der Waals surface area contributed by atoms with E-state index < -0.39 is 0 Å². The molecular weight excluding hydrogens is 590 g/mol. The number of pyridine rings is 1. The molecule has 0 amide bonds. The summed E-state index contributed by atoms with van der Waals surface area (Å²) < 4.78 is 18.1. The number of nitrogens with zero attached hydrogens (tertiary/aromatic N) is 2. The Morgan fingerprint density at radius 1 is 1.08 bits per heavy atom. The summed E-state index contributed by atoms with van der Waals surface area (Å²) in [6, 6.07) is 18.6. The van der Waals surface area contributed by atoms with E-state index in [-0.39, 0.29) is 23.2 Å². The Morgan fingerprint density at radius 2 is 1.79 bits per heavy atom. The maximum absolute atomic E-state index is 15.1. The second kappa shape index (κ2) is 15.0. The Bertz CT molecular complexity index is 1730. The molecule has 0 aliphatic carbocycles. The highest BCUT2D eigenvalue weighted by molar-refractivity contribution is 5.71. The number of anilines is 1. The number of hydrogen-bond donors (Lipinski definition) is 1. The molecule has 0 fully saturated rings. The van der Waals surface area contributed by atoms with Crippen LogP contribution in [0.15, 0.2) is 121 Å². The van der Waals surface area contributed by atoms with Gasteiger partial charge in [-0.25, -0.2) is 4.39 Å². The Balaban J connectivity index is 1.85. The lowest BCUT2D eigenvalue weighted by atomic mass is 9.77. The van der Waals surface area contributed by atoms with Gasteiger partial charge < -0.3 is 5.32 Å². The number of nitrogens with one attached hydrogen (secondary N) is 1. The zero-order chi connectivity index (χ0) is 35.4. The average molecular weight is 648 g/mol. The first-order valence-corrected chi connectivity index (χ1v) is 17.6. The summed E-state index contributed by atoms with van der Waals surface area (Å²) in [5, 5.41) is 3.74. The monoisotopic (exact) mass is 647 g/mol. The van der Waals surface area contributed by atoms with Gasteiger partial charge in [0.15, 0.2) is 17.9 Å². The van der Waals surface area contributed by atoms with Crippen LogP contribution >= 0.6 is 0 Å². The third-order valence-corrected chi connectivity index (χ3v) is 10.3. The first-order valence-electron chi connectivity index (χ1n) is 17.6. The van der Waals surface area contributed by atoms with Crippen molar-refractivity contribution >= 4 is 11.4 Å². The van der Waals surface area contributed by atoms with Crippen molar-refractivity contribution in [3.63, 3.8) is 0 Å². The molecule has 4 rings (SSSR count). The highest BCUT2D eigenvalue weighted by Crippen LogP contribution is 2.46. The van der Waals surface area contributed by atoms with E-state index in [1.54, 1.807) is 12.1 Å². The van der Waals surface area contributed by atoms with Crippen LogP contribution in [0.25, 0.3) is 11.3 Å². The maximum Gasteiger partial charge on any atom is 0.213 e. The molecule has 3 nitrogen and oxygen atoms in total. The van der Waals surface area contributed by atoms with Gasteiger partial charge in [0.2, 0.25) is 5.69 Å². The largest absolute Gasteiger partial charge is 0.354 e. The fourth-order valence-electron chi connectivity index (χ4n) is 7.32. The van der Waals surface area contributed by atoms with Crippen molar-refractivity contribution in [2.75, 3.05) is 18.9 Å². The van der Waals surface area contributed by atoms with E-state index >= 15 is 4.39 Å². The second-order valence-electron chi connectivity index (χ2n) is 14.9. The normalized spacial score (nSPS) is 17.7. The minimum atomic E-state index is -0.193. The predicted molar refractivity (Wildman–Crippen MR) is 206 cm³/mol. The predicted octanol–water partition coefficient (Wildman–Crippen LogP) is 11.7. The van der Waals surface area contributed by atoms with E-state index in [4.69, 9.17) is 6.58 Å². The Labute approximate surface area is 290 Å². The average Bonchev–Trinajstić information content (AvgIpc) is 3.03. The summed E-state index contributed by atoms with van der Waals surface area (Å²) >= 11 is 0. The molecule has 0 saturated heterocycles. The summed E-state index contributed by atoms with van der Waals surface area (Å²) in [5.41, 5.74) is 11.3. The highest BCUT2D eigenvalue weighted by atomic mass is 19.1. The molecule has 2 aromatic carbocycles. The van der Waals surface area contributed by atoms with Crippen molar-refractivity contribution in [2.24, 2.45) is 5.92 Å². The van der Waals surface area contributed by atoms with Crippen molar-refractivity contribution in [3.05, 3.63) is 138 Å². The molecule has 2 heterocycles. The van der Waals surface area contributed by atoms with Gasteiger partial charge in [-0.3, -0.25) is 4.48 Å². The fourth-order valence-corrected chi connectivity index (χ4v) is 7.32. The molecule has 0 bridgehead atoms. The summed E-state index contributed by atoms with van der Waals surface area (Å²) in [7, 11) is 2.27. The summed E-state index contributed by atoms with van der Waals surface area (Å²) in [6.45, 7) is 31.6. The second-order valence-corrected chi connectivity index (χ2v) is 14.9. The van der Waals surface area contributed by atoms with Crippen LogP contribution in [0.5, 0.6) is 0 Å². The van der Waals surface area contributed by atoms with E-state index in [2.05, 4.69) is 127 Å². The molecule has 1 aliphatic heterocycles. The van der Waals surface area contributed by atoms with Crippen LogP contribution in [-0.2, 0) is 5.41 Å². The molecule has 4 heteroatoms. The van der Waals surface area contributed by atoms with Crippen LogP contribution < -0.4 is 14.4 Å². The number of aromatic nitrogens is 1. The smallest absolute Gasteiger partial charge is 0.213 e. The zero-order valence-corrected chi connectivity index (χ0v) is 31.0. The van der Waals surface area contributed by atoms with Crippen molar-refractivity contribution < 1.29 is 8.96 Å². The summed E-state index contributed by atoms with van der Waals surface area (Å²) in [4.78, 5) is 0. The van der Waals surface area contributed by atoms with Crippen LogP contribution in [0, 0.1) is 11.7 Å². The molecule has 3 atom stereocenters. The van der Waals surface area contributed by atoms with Crippen LogP contribution in [0.3, 0.4) is 0 Å². The third kappa shape index (κ3) is 7.65. The maximum atomic E-state index is 15.1. The van der Waals surface area contributed by atoms with Crippen LogP contribution in [0.2, 0.25) is 0 Å². The van der Waals surface area contributed by atoms with E-state index in [0.717, 1.165) is 65.3 Å². The molecule has 0 saturated carbocycles. The van der Waals surface area contributed by atoms with Gasteiger partial charge >= 0.3 is 0 Å².